The molecular formula is C11H15N3O3. The fourth-order valence-electron chi connectivity index (χ4n) is 1.70. The van der Waals surface area contributed by atoms with Crippen LogP contribution < -0.4 is 4.74 Å². The monoisotopic (exact) mass is 237 g/mol. The molecule has 0 aliphatic carbocycles. The van der Waals surface area contributed by atoms with Crippen LogP contribution in [0.25, 0.3) is 0 Å². The average Bonchev–Trinajstić information content (AvgIpc) is 2.79. The zero-order chi connectivity index (χ0) is 12.1. The first-order chi connectivity index (χ1) is 8.29. The molecule has 0 saturated carbocycles. The van der Waals surface area contributed by atoms with Gasteiger partial charge in [-0.25, -0.2) is 14.8 Å². The van der Waals surface area contributed by atoms with Crippen LogP contribution in [0, 0.1) is 0 Å². The Morgan fingerprint density at radius 1 is 1.53 bits per heavy atom. The molecule has 6 nitrogen and oxygen atoms in total. The van der Waals surface area contributed by atoms with Gasteiger partial charge >= 0.3 is 12.1 Å². The lowest BCUT2D eigenvalue weighted by atomic mass is 10.3. The quantitative estimate of drug-likeness (QED) is 0.787. The molecule has 1 aliphatic rings. The number of aromatic nitrogens is 2. The van der Waals surface area contributed by atoms with Crippen molar-refractivity contribution >= 4 is 6.09 Å². The number of hydrogen-bond acceptors (Lipinski definition) is 5. The maximum absolute atomic E-state index is 11.5. The average molecular weight is 237 g/mol. The van der Waals surface area contributed by atoms with E-state index >= 15 is 0 Å². The number of ether oxygens (including phenoxy) is 2. The van der Waals surface area contributed by atoms with Gasteiger partial charge in [0.15, 0.2) is 0 Å². The van der Waals surface area contributed by atoms with Crippen molar-refractivity contribution in [3.05, 3.63) is 18.5 Å². The lowest BCUT2D eigenvalue weighted by Gasteiger charge is -2.15. The van der Waals surface area contributed by atoms with Crippen molar-refractivity contribution in [3.63, 3.8) is 0 Å². The molecule has 2 heterocycles. The normalized spacial score (nSPS) is 19.1. The van der Waals surface area contributed by atoms with Gasteiger partial charge in [-0.05, 0) is 13.0 Å². The molecule has 0 N–H and O–H groups in total. The lowest BCUT2D eigenvalue weighted by Crippen LogP contribution is -2.31. The van der Waals surface area contributed by atoms with Crippen molar-refractivity contribution in [2.45, 2.75) is 19.4 Å². The third-order valence-corrected chi connectivity index (χ3v) is 2.49. The maximum atomic E-state index is 11.5. The smallest absolute Gasteiger partial charge is 0.409 e. The molecule has 17 heavy (non-hydrogen) atoms. The first-order valence-corrected chi connectivity index (χ1v) is 5.65. The highest BCUT2D eigenvalue weighted by Crippen LogP contribution is 2.15. The van der Waals surface area contributed by atoms with Crippen LogP contribution in [0.1, 0.15) is 13.3 Å². The highest BCUT2D eigenvalue weighted by Gasteiger charge is 2.28. The van der Waals surface area contributed by atoms with Gasteiger partial charge in [0.25, 0.3) is 0 Å². The van der Waals surface area contributed by atoms with E-state index in [0.29, 0.717) is 25.7 Å². The number of amides is 1. The van der Waals surface area contributed by atoms with Crippen LogP contribution in [0.3, 0.4) is 0 Å². The van der Waals surface area contributed by atoms with Crippen LogP contribution in [-0.4, -0.2) is 46.8 Å². The molecule has 1 atom stereocenters. The van der Waals surface area contributed by atoms with Gasteiger partial charge in [-0.15, -0.1) is 0 Å². The van der Waals surface area contributed by atoms with E-state index in [2.05, 4.69) is 9.97 Å². The summed E-state index contributed by atoms with van der Waals surface area (Å²) >= 11 is 0. The molecule has 1 aromatic heterocycles. The van der Waals surface area contributed by atoms with E-state index in [0.717, 1.165) is 6.42 Å². The number of likely N-dealkylation sites (tertiary alicyclic amines) is 1. The summed E-state index contributed by atoms with van der Waals surface area (Å²) in [7, 11) is 0. The molecule has 1 unspecified atom stereocenters. The lowest BCUT2D eigenvalue weighted by molar-refractivity contribution is 0.109. The number of hydrogen-bond donors (Lipinski definition) is 0. The fraction of sp³-hybridized carbons (Fsp3) is 0.545. The van der Waals surface area contributed by atoms with Gasteiger partial charge in [-0.1, -0.05) is 0 Å². The van der Waals surface area contributed by atoms with Crippen LogP contribution in [0.15, 0.2) is 18.5 Å². The van der Waals surface area contributed by atoms with E-state index < -0.39 is 0 Å². The molecule has 0 radical (unpaired) electrons. The van der Waals surface area contributed by atoms with Crippen molar-refractivity contribution in [2.24, 2.45) is 0 Å². The first kappa shape index (κ1) is 11.6. The second kappa shape index (κ2) is 5.47. The summed E-state index contributed by atoms with van der Waals surface area (Å²) in [6.45, 7) is 3.36. The number of carbonyl (C=O) groups is 1. The highest BCUT2D eigenvalue weighted by atomic mass is 16.6. The van der Waals surface area contributed by atoms with Crippen molar-refractivity contribution in [1.82, 2.24) is 14.9 Å². The predicted octanol–water partition coefficient (Wildman–Crippen LogP) is 1.09. The van der Waals surface area contributed by atoms with E-state index in [1.807, 2.05) is 0 Å². The van der Waals surface area contributed by atoms with E-state index in [9.17, 15) is 4.79 Å². The third kappa shape index (κ3) is 3.05. The Labute approximate surface area is 99.6 Å². The summed E-state index contributed by atoms with van der Waals surface area (Å²) < 4.78 is 10.5. The Morgan fingerprint density at radius 3 is 3.00 bits per heavy atom. The van der Waals surface area contributed by atoms with Crippen LogP contribution in [0.2, 0.25) is 0 Å². The minimum atomic E-state index is -0.285. The van der Waals surface area contributed by atoms with Crippen molar-refractivity contribution < 1.29 is 14.3 Å². The summed E-state index contributed by atoms with van der Waals surface area (Å²) in [4.78, 5) is 21.1. The zero-order valence-electron chi connectivity index (χ0n) is 9.70. The minimum Gasteiger partial charge on any atom is -0.458 e. The van der Waals surface area contributed by atoms with Crippen LogP contribution >= 0.6 is 0 Å². The predicted molar refractivity (Wildman–Crippen MR) is 59.7 cm³/mol. The molecule has 2 rings (SSSR count). The SMILES string of the molecule is CCOC(=O)N1CCC(Oc2ncccn2)C1. The molecule has 1 amide bonds. The van der Waals surface area contributed by atoms with Crippen molar-refractivity contribution in [3.8, 4) is 6.01 Å². The molecular weight excluding hydrogens is 222 g/mol. The molecule has 1 saturated heterocycles. The second-order valence-electron chi connectivity index (χ2n) is 3.70. The molecule has 1 aliphatic heterocycles. The number of rotatable bonds is 3. The van der Waals surface area contributed by atoms with Gasteiger partial charge in [0.2, 0.25) is 0 Å². The Morgan fingerprint density at radius 2 is 2.29 bits per heavy atom. The van der Waals surface area contributed by atoms with Gasteiger partial charge in [-0.2, -0.15) is 0 Å². The third-order valence-electron chi connectivity index (χ3n) is 2.49. The van der Waals surface area contributed by atoms with E-state index in [-0.39, 0.29) is 12.2 Å². The molecule has 0 bridgehead atoms. The summed E-state index contributed by atoms with van der Waals surface area (Å²) in [6.07, 6.45) is 3.69. The molecule has 6 heteroatoms. The molecule has 92 valence electrons. The Bertz CT molecular complexity index is 371. The van der Waals surface area contributed by atoms with E-state index in [4.69, 9.17) is 9.47 Å². The Hall–Kier alpha value is -1.85. The van der Waals surface area contributed by atoms with Gasteiger partial charge in [-0.3, -0.25) is 0 Å². The van der Waals surface area contributed by atoms with Gasteiger partial charge < -0.3 is 14.4 Å². The molecule has 0 aromatic carbocycles. The summed E-state index contributed by atoms with van der Waals surface area (Å²) in [5, 5.41) is 0. The number of carbonyl (C=O) groups excluding carboxylic acids is 1. The van der Waals surface area contributed by atoms with E-state index in [1.165, 1.54) is 0 Å². The molecule has 0 spiro atoms. The topological polar surface area (TPSA) is 64.5 Å². The highest BCUT2D eigenvalue weighted by molar-refractivity contribution is 5.67. The Kier molecular flexibility index (Phi) is 3.74. The largest absolute Gasteiger partial charge is 0.458 e. The Balaban J connectivity index is 1.84. The fourth-order valence-corrected chi connectivity index (χ4v) is 1.70. The number of nitrogens with zero attached hydrogens (tertiary/aromatic N) is 3. The van der Waals surface area contributed by atoms with E-state index in [1.54, 1.807) is 30.3 Å². The standard InChI is InChI=1S/C11H15N3O3/c1-2-16-11(15)14-7-4-9(8-14)17-10-12-5-3-6-13-10/h3,5-6,9H,2,4,7-8H2,1H3. The van der Waals surface area contributed by atoms with Gasteiger partial charge in [0.05, 0.1) is 13.2 Å². The first-order valence-electron chi connectivity index (χ1n) is 5.65. The summed E-state index contributed by atoms with van der Waals surface area (Å²) in [6, 6.07) is 2.08. The molecule has 1 aromatic rings. The van der Waals surface area contributed by atoms with Crippen LogP contribution in [-0.2, 0) is 4.74 Å². The minimum absolute atomic E-state index is 0.0539. The summed E-state index contributed by atoms with van der Waals surface area (Å²) in [5.74, 6) is 0. The second-order valence-corrected chi connectivity index (χ2v) is 3.70. The van der Waals surface area contributed by atoms with Crippen molar-refractivity contribution in [2.75, 3.05) is 19.7 Å². The van der Waals surface area contributed by atoms with Crippen LogP contribution in [0.4, 0.5) is 4.79 Å². The van der Waals surface area contributed by atoms with Crippen LogP contribution in [0.5, 0.6) is 6.01 Å². The maximum Gasteiger partial charge on any atom is 0.409 e. The summed E-state index contributed by atoms with van der Waals surface area (Å²) in [5.41, 5.74) is 0. The van der Waals surface area contributed by atoms with Crippen molar-refractivity contribution in [1.29, 1.82) is 0 Å². The zero-order valence-corrected chi connectivity index (χ0v) is 9.70. The van der Waals surface area contributed by atoms with Gasteiger partial charge in [0, 0.05) is 25.4 Å². The van der Waals surface area contributed by atoms with Gasteiger partial charge in [0.1, 0.15) is 6.10 Å². The molecule has 1 fully saturated rings.